The summed E-state index contributed by atoms with van der Waals surface area (Å²) in [6.45, 7) is 11.1. The predicted molar refractivity (Wildman–Crippen MR) is 68.4 cm³/mol. The summed E-state index contributed by atoms with van der Waals surface area (Å²) in [5, 5.41) is 0.773. The summed E-state index contributed by atoms with van der Waals surface area (Å²) in [4.78, 5) is 0. The maximum absolute atomic E-state index is 12.3. The highest BCUT2D eigenvalue weighted by Crippen LogP contribution is 2.37. The molecule has 0 spiro atoms. The average Bonchev–Trinajstić information content (AvgIpc) is 2.15. The van der Waals surface area contributed by atoms with Crippen molar-refractivity contribution in [3.05, 3.63) is 0 Å². The van der Waals surface area contributed by atoms with Crippen LogP contribution in [0.2, 0.25) is 0 Å². The summed E-state index contributed by atoms with van der Waals surface area (Å²) >= 11 is 0. The molecule has 4 unspecified atom stereocenters. The van der Waals surface area contributed by atoms with E-state index >= 15 is 0 Å². The molecule has 0 amide bonds. The van der Waals surface area contributed by atoms with E-state index in [1.54, 1.807) is 0 Å². The molecule has 0 saturated heterocycles. The SMILES string of the molecule is CC1CCC(C(C)C)C(S(=O)C(C)C)C1. The first-order valence-corrected chi connectivity index (χ1v) is 7.60. The lowest BCUT2D eigenvalue weighted by atomic mass is 9.77. The highest BCUT2D eigenvalue weighted by Gasteiger charge is 2.35. The third kappa shape index (κ3) is 3.30. The Labute approximate surface area is 97.5 Å². The van der Waals surface area contributed by atoms with E-state index in [9.17, 15) is 4.21 Å². The van der Waals surface area contributed by atoms with E-state index in [-0.39, 0.29) is 0 Å². The monoisotopic (exact) mass is 230 g/mol. The Balaban J connectivity index is 2.74. The summed E-state index contributed by atoms with van der Waals surface area (Å²) in [5.41, 5.74) is 0. The van der Waals surface area contributed by atoms with Gasteiger partial charge in [0.15, 0.2) is 0 Å². The Hall–Kier alpha value is 0.150. The van der Waals surface area contributed by atoms with Gasteiger partial charge in [-0.3, -0.25) is 4.21 Å². The van der Waals surface area contributed by atoms with Gasteiger partial charge < -0.3 is 0 Å². The Kier molecular flexibility index (Phi) is 4.82. The van der Waals surface area contributed by atoms with Crippen LogP contribution in [0.3, 0.4) is 0 Å². The number of rotatable bonds is 3. The standard InChI is InChI=1S/C13H26OS/c1-9(2)12-7-6-11(5)8-13(12)15(14)10(3)4/h9-13H,6-8H2,1-5H3. The molecule has 0 radical (unpaired) electrons. The van der Waals surface area contributed by atoms with Crippen molar-refractivity contribution in [1.29, 1.82) is 0 Å². The summed E-state index contributed by atoms with van der Waals surface area (Å²) < 4.78 is 12.3. The zero-order valence-electron chi connectivity index (χ0n) is 10.8. The topological polar surface area (TPSA) is 17.1 Å². The van der Waals surface area contributed by atoms with Gasteiger partial charge in [-0.25, -0.2) is 0 Å². The minimum atomic E-state index is -0.630. The van der Waals surface area contributed by atoms with Gasteiger partial charge in [0.05, 0.1) is 0 Å². The van der Waals surface area contributed by atoms with Crippen LogP contribution in [0.4, 0.5) is 0 Å². The highest BCUT2D eigenvalue weighted by atomic mass is 32.2. The summed E-state index contributed by atoms with van der Waals surface area (Å²) in [5.74, 6) is 2.14. The van der Waals surface area contributed by atoms with Crippen LogP contribution in [-0.4, -0.2) is 14.7 Å². The van der Waals surface area contributed by atoms with Crippen molar-refractivity contribution < 1.29 is 4.21 Å². The van der Waals surface area contributed by atoms with Gasteiger partial charge in [-0.05, 0) is 30.6 Å². The second kappa shape index (κ2) is 5.47. The van der Waals surface area contributed by atoms with Gasteiger partial charge in [-0.1, -0.05) is 41.0 Å². The van der Waals surface area contributed by atoms with E-state index in [4.69, 9.17) is 0 Å². The lowest BCUT2D eigenvalue weighted by Gasteiger charge is -2.37. The Morgan fingerprint density at radius 1 is 1.13 bits per heavy atom. The van der Waals surface area contributed by atoms with Crippen LogP contribution in [-0.2, 0) is 10.8 Å². The molecule has 1 aliphatic rings. The highest BCUT2D eigenvalue weighted by molar-refractivity contribution is 7.86. The van der Waals surface area contributed by atoms with E-state index < -0.39 is 10.8 Å². The predicted octanol–water partition coefficient (Wildman–Crippen LogP) is 3.60. The first kappa shape index (κ1) is 13.2. The summed E-state index contributed by atoms with van der Waals surface area (Å²) in [6.07, 6.45) is 3.78. The fourth-order valence-corrected chi connectivity index (χ4v) is 4.74. The van der Waals surface area contributed by atoms with E-state index in [0.29, 0.717) is 22.3 Å². The van der Waals surface area contributed by atoms with Crippen molar-refractivity contribution in [2.24, 2.45) is 17.8 Å². The number of hydrogen-bond donors (Lipinski definition) is 0. The maximum atomic E-state index is 12.3. The minimum Gasteiger partial charge on any atom is -0.259 e. The Morgan fingerprint density at radius 2 is 1.73 bits per heavy atom. The minimum absolute atomic E-state index is 0.321. The Morgan fingerprint density at radius 3 is 2.20 bits per heavy atom. The molecule has 0 aromatic carbocycles. The van der Waals surface area contributed by atoms with Gasteiger partial charge in [0.1, 0.15) is 0 Å². The second-order valence-corrected chi connectivity index (χ2v) is 7.95. The van der Waals surface area contributed by atoms with E-state index in [2.05, 4.69) is 34.6 Å². The van der Waals surface area contributed by atoms with Crippen molar-refractivity contribution in [1.82, 2.24) is 0 Å². The van der Waals surface area contributed by atoms with E-state index in [0.717, 1.165) is 5.92 Å². The van der Waals surface area contributed by atoms with Crippen LogP contribution in [0.5, 0.6) is 0 Å². The van der Waals surface area contributed by atoms with Crippen LogP contribution in [0.15, 0.2) is 0 Å². The molecular weight excluding hydrogens is 204 g/mol. The van der Waals surface area contributed by atoms with E-state index in [1.165, 1.54) is 19.3 Å². The number of hydrogen-bond acceptors (Lipinski definition) is 1. The molecule has 15 heavy (non-hydrogen) atoms. The lowest BCUT2D eigenvalue weighted by Crippen LogP contribution is -2.37. The summed E-state index contributed by atoms with van der Waals surface area (Å²) in [6, 6.07) is 0. The second-order valence-electron chi connectivity index (χ2n) is 5.74. The first-order chi connectivity index (χ1) is 6.93. The molecule has 1 nitrogen and oxygen atoms in total. The van der Waals surface area contributed by atoms with Crippen LogP contribution < -0.4 is 0 Å². The molecule has 1 rings (SSSR count). The van der Waals surface area contributed by atoms with Crippen LogP contribution in [0.1, 0.15) is 53.9 Å². The van der Waals surface area contributed by atoms with Crippen molar-refractivity contribution in [3.63, 3.8) is 0 Å². The summed E-state index contributed by atoms with van der Waals surface area (Å²) in [7, 11) is -0.630. The first-order valence-electron chi connectivity index (χ1n) is 6.32. The molecule has 0 bridgehead atoms. The van der Waals surface area contributed by atoms with Crippen LogP contribution in [0, 0.1) is 17.8 Å². The third-order valence-electron chi connectivity index (χ3n) is 3.72. The van der Waals surface area contributed by atoms with Crippen molar-refractivity contribution >= 4 is 10.8 Å². The smallest absolute Gasteiger partial charge is 0.0383 e. The molecule has 0 N–H and O–H groups in total. The third-order valence-corrected chi connectivity index (χ3v) is 5.79. The quantitative estimate of drug-likeness (QED) is 0.724. The van der Waals surface area contributed by atoms with Gasteiger partial charge in [0.2, 0.25) is 0 Å². The van der Waals surface area contributed by atoms with Gasteiger partial charge in [0.25, 0.3) is 0 Å². The van der Waals surface area contributed by atoms with Crippen molar-refractivity contribution in [2.75, 3.05) is 0 Å². The van der Waals surface area contributed by atoms with Crippen molar-refractivity contribution in [2.45, 2.75) is 64.4 Å². The molecule has 1 saturated carbocycles. The largest absolute Gasteiger partial charge is 0.259 e. The molecule has 4 atom stereocenters. The zero-order chi connectivity index (χ0) is 11.6. The molecule has 0 aliphatic heterocycles. The van der Waals surface area contributed by atoms with Gasteiger partial charge in [0, 0.05) is 21.3 Å². The fraction of sp³-hybridized carbons (Fsp3) is 1.00. The van der Waals surface area contributed by atoms with Crippen molar-refractivity contribution in [3.8, 4) is 0 Å². The fourth-order valence-electron chi connectivity index (χ4n) is 2.73. The van der Waals surface area contributed by atoms with Gasteiger partial charge in [-0.15, -0.1) is 0 Å². The Bertz CT molecular complexity index is 223. The zero-order valence-corrected chi connectivity index (χ0v) is 11.6. The molecule has 90 valence electrons. The molecule has 2 heteroatoms. The van der Waals surface area contributed by atoms with Gasteiger partial charge >= 0.3 is 0 Å². The average molecular weight is 230 g/mol. The van der Waals surface area contributed by atoms with Gasteiger partial charge in [-0.2, -0.15) is 0 Å². The lowest BCUT2D eigenvalue weighted by molar-refractivity contribution is 0.240. The molecule has 0 aromatic heterocycles. The molecule has 1 fully saturated rings. The normalized spacial score (nSPS) is 34.7. The molecule has 0 heterocycles. The molecular formula is C13H26OS. The van der Waals surface area contributed by atoms with Crippen LogP contribution >= 0.6 is 0 Å². The molecule has 1 aliphatic carbocycles. The maximum Gasteiger partial charge on any atom is 0.0383 e. The van der Waals surface area contributed by atoms with E-state index in [1.807, 2.05) is 0 Å². The van der Waals surface area contributed by atoms with Crippen LogP contribution in [0.25, 0.3) is 0 Å². The molecule has 0 aromatic rings.